The molecular weight excluding hydrogens is 302 g/mol. The van der Waals surface area contributed by atoms with Gasteiger partial charge in [0.05, 0.1) is 6.04 Å². The van der Waals surface area contributed by atoms with Crippen LogP contribution >= 0.6 is 0 Å². The lowest BCUT2D eigenvalue weighted by Crippen LogP contribution is -2.29. The second-order valence-corrected chi connectivity index (χ2v) is 7.00. The minimum Gasteiger partial charge on any atom is -0.381 e. The average Bonchev–Trinajstić information content (AvgIpc) is 3.35. The molecule has 0 aromatic carbocycles. The van der Waals surface area contributed by atoms with Gasteiger partial charge in [-0.3, -0.25) is 0 Å². The number of rotatable bonds is 5. The highest BCUT2D eigenvalue weighted by Crippen LogP contribution is 2.39. The van der Waals surface area contributed by atoms with Gasteiger partial charge < -0.3 is 14.6 Å². The molecule has 1 aliphatic carbocycles. The molecule has 6 nitrogen and oxygen atoms in total. The Kier molecular flexibility index (Phi) is 4.22. The Balaban J connectivity index is 1.62. The van der Waals surface area contributed by atoms with Gasteiger partial charge in [0.2, 0.25) is 0 Å². The lowest BCUT2D eigenvalue weighted by Gasteiger charge is -2.31. The van der Waals surface area contributed by atoms with Crippen LogP contribution in [0.3, 0.4) is 0 Å². The fourth-order valence-electron chi connectivity index (χ4n) is 3.47. The number of aromatic nitrogens is 4. The van der Waals surface area contributed by atoms with Gasteiger partial charge in [-0.15, -0.1) is 0 Å². The molecule has 1 saturated carbocycles. The maximum atomic E-state index is 5.55. The predicted molar refractivity (Wildman–Crippen MR) is 91.9 cm³/mol. The van der Waals surface area contributed by atoms with E-state index in [4.69, 9.17) is 9.72 Å². The number of anilines is 1. The quantitative estimate of drug-likeness (QED) is 0.914. The van der Waals surface area contributed by atoms with Gasteiger partial charge in [-0.25, -0.2) is 15.0 Å². The minimum atomic E-state index is 0.148. The minimum absolute atomic E-state index is 0.148. The summed E-state index contributed by atoms with van der Waals surface area (Å²) in [6, 6.07) is 2.19. The largest absolute Gasteiger partial charge is 0.381 e. The summed E-state index contributed by atoms with van der Waals surface area (Å²) in [6.45, 7) is 3.69. The summed E-state index contributed by atoms with van der Waals surface area (Å²) in [5.41, 5.74) is 1.03. The zero-order chi connectivity index (χ0) is 16.5. The Hall–Kier alpha value is -1.95. The molecule has 3 heterocycles. The standard InChI is InChI=1S/C18H25N5O/c1-12-11-15(22-17(20-12)14-3-4-14)21-16(13-5-9-24-10-6-13)18-19-7-8-23(18)2/h7-8,11,13-14,16H,3-6,9-10H2,1-2H3,(H,20,21,22)/t16-/m0/s1. The van der Waals surface area contributed by atoms with Gasteiger partial charge in [0.25, 0.3) is 0 Å². The smallest absolute Gasteiger partial charge is 0.134 e. The first-order chi connectivity index (χ1) is 11.7. The third-order valence-electron chi connectivity index (χ3n) is 4.99. The molecule has 6 heteroatoms. The topological polar surface area (TPSA) is 64.9 Å². The van der Waals surface area contributed by atoms with Crippen molar-refractivity contribution in [2.75, 3.05) is 18.5 Å². The van der Waals surface area contributed by atoms with E-state index in [1.807, 2.05) is 25.4 Å². The molecule has 2 fully saturated rings. The molecule has 24 heavy (non-hydrogen) atoms. The second kappa shape index (κ2) is 6.51. The molecule has 4 rings (SSSR count). The van der Waals surface area contributed by atoms with Gasteiger partial charge >= 0.3 is 0 Å². The van der Waals surface area contributed by atoms with E-state index in [1.165, 1.54) is 12.8 Å². The van der Waals surface area contributed by atoms with E-state index in [0.29, 0.717) is 11.8 Å². The summed E-state index contributed by atoms with van der Waals surface area (Å²) < 4.78 is 7.65. The molecule has 0 spiro atoms. The fourth-order valence-corrected chi connectivity index (χ4v) is 3.47. The second-order valence-electron chi connectivity index (χ2n) is 7.00. The molecule has 2 aromatic rings. The van der Waals surface area contributed by atoms with Crippen LogP contribution in [0, 0.1) is 12.8 Å². The highest BCUT2D eigenvalue weighted by Gasteiger charge is 2.30. The summed E-state index contributed by atoms with van der Waals surface area (Å²) >= 11 is 0. The Bertz CT molecular complexity index is 703. The number of hydrogen-bond donors (Lipinski definition) is 1. The number of hydrogen-bond acceptors (Lipinski definition) is 5. The molecule has 0 amide bonds. The Morgan fingerprint density at radius 2 is 2.00 bits per heavy atom. The third-order valence-corrected chi connectivity index (χ3v) is 4.99. The first-order valence-corrected chi connectivity index (χ1v) is 8.88. The van der Waals surface area contributed by atoms with Gasteiger partial charge in [-0.1, -0.05) is 0 Å². The van der Waals surface area contributed by atoms with E-state index < -0.39 is 0 Å². The van der Waals surface area contributed by atoms with E-state index in [0.717, 1.165) is 49.2 Å². The summed E-state index contributed by atoms with van der Waals surface area (Å²) in [7, 11) is 2.05. The van der Waals surface area contributed by atoms with E-state index in [2.05, 4.69) is 26.9 Å². The van der Waals surface area contributed by atoms with Gasteiger partial charge in [0, 0.05) is 50.3 Å². The molecule has 128 valence electrons. The van der Waals surface area contributed by atoms with Gasteiger partial charge in [0.15, 0.2) is 0 Å². The molecule has 0 radical (unpaired) electrons. The Labute approximate surface area is 142 Å². The van der Waals surface area contributed by atoms with Crippen LogP contribution in [0.4, 0.5) is 5.82 Å². The molecular formula is C18H25N5O. The van der Waals surface area contributed by atoms with E-state index >= 15 is 0 Å². The summed E-state index contributed by atoms with van der Waals surface area (Å²) in [5.74, 6) is 4.03. The molecule has 1 atom stereocenters. The van der Waals surface area contributed by atoms with Crippen molar-refractivity contribution in [3.05, 3.63) is 35.8 Å². The number of aryl methyl sites for hydroxylation is 2. The fraction of sp³-hybridized carbons (Fsp3) is 0.611. The molecule has 1 saturated heterocycles. The monoisotopic (exact) mass is 327 g/mol. The molecule has 1 N–H and O–H groups in total. The van der Waals surface area contributed by atoms with E-state index in [-0.39, 0.29) is 6.04 Å². The zero-order valence-electron chi connectivity index (χ0n) is 14.4. The molecule has 0 bridgehead atoms. The maximum Gasteiger partial charge on any atom is 0.134 e. The number of ether oxygens (including phenoxy) is 1. The maximum absolute atomic E-state index is 5.55. The van der Waals surface area contributed by atoms with E-state index in [9.17, 15) is 0 Å². The number of nitrogens with zero attached hydrogens (tertiary/aromatic N) is 4. The van der Waals surface area contributed by atoms with Crippen LogP contribution in [0.2, 0.25) is 0 Å². The van der Waals surface area contributed by atoms with Crippen molar-refractivity contribution in [3.8, 4) is 0 Å². The SMILES string of the molecule is Cc1cc(N[C@H](c2nccn2C)C2CCOCC2)nc(C2CC2)n1. The van der Waals surface area contributed by atoms with Gasteiger partial charge in [-0.05, 0) is 38.5 Å². The van der Waals surface area contributed by atoms with Crippen molar-refractivity contribution >= 4 is 5.82 Å². The van der Waals surface area contributed by atoms with Crippen LogP contribution in [0.15, 0.2) is 18.5 Å². The first kappa shape index (κ1) is 15.6. The normalized spacial score (nSPS) is 20.1. The van der Waals surface area contributed by atoms with Crippen LogP contribution < -0.4 is 5.32 Å². The molecule has 1 aliphatic heterocycles. The highest BCUT2D eigenvalue weighted by atomic mass is 16.5. The number of imidazole rings is 1. The van der Waals surface area contributed by atoms with Crippen molar-refractivity contribution in [3.63, 3.8) is 0 Å². The van der Waals surface area contributed by atoms with Crippen LogP contribution in [0.25, 0.3) is 0 Å². The average molecular weight is 327 g/mol. The third kappa shape index (κ3) is 3.29. The van der Waals surface area contributed by atoms with Crippen molar-refractivity contribution in [2.45, 2.75) is 44.6 Å². The van der Waals surface area contributed by atoms with Crippen molar-refractivity contribution in [1.82, 2.24) is 19.5 Å². The van der Waals surface area contributed by atoms with Crippen molar-refractivity contribution < 1.29 is 4.74 Å². The predicted octanol–water partition coefficient (Wildman–Crippen LogP) is 2.98. The lowest BCUT2D eigenvalue weighted by atomic mass is 9.91. The number of nitrogens with one attached hydrogen (secondary N) is 1. The Morgan fingerprint density at radius 3 is 2.67 bits per heavy atom. The van der Waals surface area contributed by atoms with Gasteiger partial charge in [0.1, 0.15) is 17.5 Å². The molecule has 0 unspecified atom stereocenters. The van der Waals surface area contributed by atoms with Crippen molar-refractivity contribution in [1.29, 1.82) is 0 Å². The van der Waals surface area contributed by atoms with Crippen LogP contribution in [0.1, 0.15) is 55.0 Å². The summed E-state index contributed by atoms with van der Waals surface area (Å²) in [6.07, 6.45) is 8.39. The Morgan fingerprint density at radius 1 is 1.21 bits per heavy atom. The van der Waals surface area contributed by atoms with Crippen LogP contribution in [0.5, 0.6) is 0 Å². The van der Waals surface area contributed by atoms with Crippen molar-refractivity contribution in [2.24, 2.45) is 13.0 Å². The molecule has 2 aliphatic rings. The van der Waals surface area contributed by atoms with Crippen LogP contribution in [-0.2, 0) is 11.8 Å². The first-order valence-electron chi connectivity index (χ1n) is 8.88. The highest BCUT2D eigenvalue weighted by molar-refractivity contribution is 5.39. The molecule has 2 aromatic heterocycles. The lowest BCUT2D eigenvalue weighted by molar-refractivity contribution is 0.0594. The zero-order valence-corrected chi connectivity index (χ0v) is 14.4. The van der Waals surface area contributed by atoms with E-state index in [1.54, 1.807) is 0 Å². The summed E-state index contributed by atoms with van der Waals surface area (Å²) in [4.78, 5) is 14.0. The van der Waals surface area contributed by atoms with Gasteiger partial charge in [-0.2, -0.15) is 0 Å². The van der Waals surface area contributed by atoms with Crippen LogP contribution in [-0.4, -0.2) is 32.7 Å². The summed E-state index contributed by atoms with van der Waals surface area (Å²) in [5, 5.41) is 3.67.